The molecule has 0 saturated carbocycles. The minimum absolute atomic E-state index is 0.0868. The largest absolute Gasteiger partial charge is 0.368 e. The molecule has 0 aliphatic carbocycles. The van der Waals surface area contributed by atoms with E-state index in [2.05, 4.69) is 20.6 Å². The number of aromatic nitrogens is 3. The van der Waals surface area contributed by atoms with E-state index in [-0.39, 0.29) is 18.4 Å². The van der Waals surface area contributed by atoms with Crippen LogP contribution in [-0.4, -0.2) is 34.4 Å². The Morgan fingerprint density at radius 1 is 1.24 bits per heavy atom. The van der Waals surface area contributed by atoms with Gasteiger partial charge in [0.25, 0.3) is 5.89 Å². The van der Waals surface area contributed by atoms with Gasteiger partial charge in [0.2, 0.25) is 5.91 Å². The van der Waals surface area contributed by atoms with Crippen LogP contribution in [0.2, 0.25) is 0 Å². The van der Waals surface area contributed by atoms with Crippen molar-refractivity contribution >= 4 is 16.9 Å². The first kappa shape index (κ1) is 15.8. The van der Waals surface area contributed by atoms with Crippen LogP contribution in [-0.2, 0) is 22.4 Å². The van der Waals surface area contributed by atoms with Crippen LogP contribution in [0.3, 0.4) is 0 Å². The molecule has 0 bridgehead atoms. The van der Waals surface area contributed by atoms with Gasteiger partial charge in [0.15, 0.2) is 11.4 Å². The molecule has 1 fully saturated rings. The lowest BCUT2D eigenvalue weighted by Gasteiger charge is -2.02. The molecule has 1 aliphatic rings. The lowest BCUT2D eigenvalue weighted by atomic mass is 10.1. The van der Waals surface area contributed by atoms with Gasteiger partial charge in [0.05, 0.1) is 6.42 Å². The van der Waals surface area contributed by atoms with Gasteiger partial charge in [-0.1, -0.05) is 22.4 Å². The predicted molar refractivity (Wildman–Crippen MR) is 86.7 cm³/mol. The highest BCUT2D eigenvalue weighted by molar-refractivity contribution is 5.86. The maximum Gasteiger partial charge on any atom is 0.255 e. The van der Waals surface area contributed by atoms with Gasteiger partial charge in [-0.25, -0.2) is 0 Å². The van der Waals surface area contributed by atoms with Gasteiger partial charge in [-0.05, 0) is 25.0 Å². The van der Waals surface area contributed by atoms with E-state index < -0.39 is 0 Å². The maximum absolute atomic E-state index is 12.1. The summed E-state index contributed by atoms with van der Waals surface area (Å²) in [7, 11) is 0. The summed E-state index contributed by atoms with van der Waals surface area (Å²) in [5.74, 6) is 0.965. The molecule has 130 valence electrons. The number of fused-ring (bicyclic) bond motifs is 1. The highest BCUT2D eigenvalue weighted by Gasteiger charge is 2.23. The zero-order chi connectivity index (χ0) is 17.1. The summed E-state index contributed by atoms with van der Waals surface area (Å²) in [6, 6.07) is 7.47. The Morgan fingerprint density at radius 3 is 3.04 bits per heavy atom. The fraction of sp³-hybridized carbons (Fsp3) is 0.412. The van der Waals surface area contributed by atoms with E-state index in [9.17, 15) is 4.79 Å². The van der Waals surface area contributed by atoms with Gasteiger partial charge in [-0.2, -0.15) is 4.98 Å². The highest BCUT2D eigenvalue weighted by atomic mass is 16.5. The summed E-state index contributed by atoms with van der Waals surface area (Å²) in [5.41, 5.74) is 1.31. The average molecular weight is 342 g/mol. The van der Waals surface area contributed by atoms with Crippen LogP contribution >= 0.6 is 0 Å². The zero-order valence-corrected chi connectivity index (χ0v) is 13.6. The van der Waals surface area contributed by atoms with Crippen molar-refractivity contribution in [2.24, 2.45) is 0 Å². The van der Waals surface area contributed by atoms with Crippen molar-refractivity contribution in [2.45, 2.75) is 31.8 Å². The van der Waals surface area contributed by atoms with Gasteiger partial charge >= 0.3 is 0 Å². The normalized spacial score (nSPS) is 17.2. The van der Waals surface area contributed by atoms with Crippen molar-refractivity contribution in [2.75, 3.05) is 13.2 Å². The van der Waals surface area contributed by atoms with Gasteiger partial charge < -0.3 is 19.1 Å². The topological polar surface area (TPSA) is 103 Å². The molecule has 2 aromatic heterocycles. The molecule has 4 rings (SSSR count). The van der Waals surface area contributed by atoms with Gasteiger partial charge in [-0.3, -0.25) is 4.79 Å². The molecule has 0 unspecified atom stereocenters. The standard InChI is InChI=1S/C17H18N4O4/c22-16(10-12-11-4-1-2-5-13(11)24-20-12)18-8-7-15-19-17(25-21-15)14-6-3-9-23-14/h1-2,4-5,14H,3,6-10H2,(H,18,22)/t14-/m1/s1. The van der Waals surface area contributed by atoms with E-state index >= 15 is 0 Å². The number of amides is 1. The second-order valence-electron chi connectivity index (χ2n) is 5.95. The van der Waals surface area contributed by atoms with E-state index in [1.165, 1.54) is 0 Å². The second-order valence-corrected chi connectivity index (χ2v) is 5.95. The Kier molecular flexibility index (Phi) is 4.43. The Labute approximate surface area is 143 Å². The summed E-state index contributed by atoms with van der Waals surface area (Å²) >= 11 is 0. The summed E-state index contributed by atoms with van der Waals surface area (Å²) in [6.45, 7) is 1.16. The van der Waals surface area contributed by atoms with E-state index in [0.717, 1.165) is 24.8 Å². The molecule has 0 spiro atoms. The minimum Gasteiger partial charge on any atom is -0.368 e. The smallest absolute Gasteiger partial charge is 0.255 e. The molecule has 1 N–H and O–H groups in total. The third-order valence-corrected chi connectivity index (χ3v) is 4.14. The van der Waals surface area contributed by atoms with Gasteiger partial charge in [0, 0.05) is 25.0 Å². The molecule has 1 aromatic carbocycles. The van der Waals surface area contributed by atoms with E-state index in [0.29, 0.717) is 36.0 Å². The lowest BCUT2D eigenvalue weighted by Crippen LogP contribution is -2.27. The molecule has 3 heterocycles. The molecule has 1 aliphatic heterocycles. The van der Waals surface area contributed by atoms with E-state index in [1.54, 1.807) is 0 Å². The van der Waals surface area contributed by atoms with Crippen LogP contribution in [0.1, 0.15) is 36.4 Å². The van der Waals surface area contributed by atoms with Crippen LogP contribution in [0.15, 0.2) is 33.3 Å². The van der Waals surface area contributed by atoms with E-state index in [1.807, 2.05) is 24.3 Å². The molecule has 0 radical (unpaired) electrons. The van der Waals surface area contributed by atoms with Crippen molar-refractivity contribution in [1.29, 1.82) is 0 Å². The van der Waals surface area contributed by atoms with Crippen LogP contribution in [0.5, 0.6) is 0 Å². The molecule has 1 atom stereocenters. The van der Waals surface area contributed by atoms with Crippen molar-refractivity contribution in [3.8, 4) is 0 Å². The first-order valence-electron chi connectivity index (χ1n) is 8.33. The number of nitrogens with one attached hydrogen (secondary N) is 1. The summed E-state index contributed by atoms with van der Waals surface area (Å²) in [5, 5.41) is 11.6. The summed E-state index contributed by atoms with van der Waals surface area (Å²) in [6.07, 6.45) is 2.50. The number of nitrogens with zero attached hydrogens (tertiary/aromatic N) is 3. The number of ether oxygens (including phenoxy) is 1. The fourth-order valence-electron chi connectivity index (χ4n) is 2.87. The molecule has 1 saturated heterocycles. The summed E-state index contributed by atoms with van der Waals surface area (Å²) in [4.78, 5) is 16.4. The lowest BCUT2D eigenvalue weighted by molar-refractivity contribution is -0.120. The average Bonchev–Trinajstić information content (AvgIpc) is 3.35. The number of hydrogen-bond acceptors (Lipinski definition) is 7. The predicted octanol–water partition coefficient (Wildman–Crippen LogP) is 1.96. The number of carbonyl (C=O) groups is 1. The van der Waals surface area contributed by atoms with Crippen LogP contribution in [0, 0.1) is 0 Å². The number of benzene rings is 1. The summed E-state index contributed by atoms with van der Waals surface area (Å²) < 4.78 is 15.9. The van der Waals surface area contributed by atoms with Crippen LogP contribution in [0.4, 0.5) is 0 Å². The highest BCUT2D eigenvalue weighted by Crippen LogP contribution is 2.26. The third kappa shape index (κ3) is 3.53. The minimum atomic E-state index is -0.123. The molecule has 8 heteroatoms. The number of hydrogen-bond donors (Lipinski definition) is 1. The quantitative estimate of drug-likeness (QED) is 0.730. The van der Waals surface area contributed by atoms with Crippen LogP contribution < -0.4 is 5.32 Å². The Morgan fingerprint density at radius 2 is 2.16 bits per heavy atom. The molecular weight excluding hydrogens is 324 g/mol. The van der Waals surface area contributed by atoms with Crippen molar-refractivity contribution in [1.82, 2.24) is 20.6 Å². The second kappa shape index (κ2) is 7.02. The fourth-order valence-corrected chi connectivity index (χ4v) is 2.87. The number of carbonyl (C=O) groups excluding carboxylic acids is 1. The molecule has 1 amide bonds. The first-order chi connectivity index (χ1) is 12.3. The number of rotatable bonds is 6. The molecule has 25 heavy (non-hydrogen) atoms. The van der Waals surface area contributed by atoms with Crippen molar-refractivity contribution in [3.63, 3.8) is 0 Å². The Balaban J connectivity index is 1.27. The van der Waals surface area contributed by atoms with Gasteiger partial charge in [0.1, 0.15) is 11.8 Å². The molecule has 8 nitrogen and oxygen atoms in total. The zero-order valence-electron chi connectivity index (χ0n) is 13.6. The van der Waals surface area contributed by atoms with Crippen molar-refractivity contribution in [3.05, 3.63) is 41.7 Å². The Bertz CT molecular complexity index is 866. The van der Waals surface area contributed by atoms with Crippen molar-refractivity contribution < 1.29 is 18.6 Å². The van der Waals surface area contributed by atoms with Crippen LogP contribution in [0.25, 0.3) is 11.0 Å². The van der Waals surface area contributed by atoms with E-state index in [4.69, 9.17) is 13.8 Å². The monoisotopic (exact) mass is 342 g/mol. The third-order valence-electron chi connectivity index (χ3n) is 4.14. The van der Waals surface area contributed by atoms with Gasteiger partial charge in [-0.15, -0.1) is 0 Å². The maximum atomic E-state index is 12.1. The molecule has 3 aromatic rings. The number of para-hydroxylation sites is 1. The molecular formula is C17H18N4O4. The SMILES string of the molecule is O=C(Cc1noc2ccccc12)NCCc1noc([C@H]2CCCO2)n1. The first-order valence-corrected chi connectivity index (χ1v) is 8.33. The Hall–Kier alpha value is -2.74.